The highest BCUT2D eigenvalue weighted by Gasteiger charge is 2.10. The maximum atomic E-state index is 12.4. The van der Waals surface area contributed by atoms with Crippen LogP contribution in [-0.2, 0) is 11.5 Å². The van der Waals surface area contributed by atoms with Gasteiger partial charge in [-0.1, -0.05) is 17.4 Å². The van der Waals surface area contributed by atoms with Crippen LogP contribution >= 0.6 is 11.3 Å². The Hall–Kier alpha value is -2.28. The molecule has 5 nitrogen and oxygen atoms in total. The van der Waals surface area contributed by atoms with E-state index in [0.717, 1.165) is 11.3 Å². The molecule has 0 aliphatic heterocycles. The molecule has 2 rings (SSSR count). The third-order valence-corrected chi connectivity index (χ3v) is 3.14. The summed E-state index contributed by atoms with van der Waals surface area (Å²) in [4.78, 5) is 27.1. The molecule has 20 heavy (non-hydrogen) atoms. The number of benzene rings is 1. The minimum Gasteiger partial charge on any atom is -0.427 e. The molecule has 0 bridgehead atoms. The van der Waals surface area contributed by atoms with Crippen molar-refractivity contribution in [3.63, 3.8) is 0 Å². The topological polar surface area (TPSA) is 68.3 Å². The quantitative estimate of drug-likeness (QED) is 0.695. The zero-order valence-electron chi connectivity index (χ0n) is 10.6. The van der Waals surface area contributed by atoms with Crippen molar-refractivity contribution < 1.29 is 18.7 Å². The molecule has 0 aliphatic rings. The first kappa shape index (κ1) is 14.1. The highest BCUT2D eigenvalue weighted by atomic mass is 32.1. The lowest BCUT2D eigenvalue weighted by Gasteiger charge is -2.04. The fourth-order valence-corrected chi connectivity index (χ4v) is 2.12. The molecule has 1 heterocycles. The number of nitrogens with zero attached hydrogens (tertiary/aromatic N) is 1. The number of anilines is 1. The van der Waals surface area contributed by atoms with Crippen molar-refractivity contribution in [2.75, 3.05) is 5.32 Å². The molecular formula is C13H11FN2O3S. The van der Waals surface area contributed by atoms with Crippen molar-refractivity contribution in [3.05, 3.63) is 40.9 Å². The summed E-state index contributed by atoms with van der Waals surface area (Å²) >= 11 is 1.07. The second-order valence-corrected chi connectivity index (χ2v) is 4.96. The molecule has 2 aromatic rings. The molecule has 0 atom stereocenters. The fourth-order valence-electron chi connectivity index (χ4n) is 1.46. The number of nitrogens with one attached hydrogen (secondary N) is 1. The Morgan fingerprint density at radius 2 is 2.25 bits per heavy atom. The number of hydrogen-bond acceptors (Lipinski definition) is 5. The predicted octanol–water partition coefficient (Wildman–Crippen LogP) is 2.79. The first-order valence-electron chi connectivity index (χ1n) is 5.69. The van der Waals surface area contributed by atoms with Crippen molar-refractivity contribution in [2.45, 2.75) is 13.6 Å². The van der Waals surface area contributed by atoms with Crippen LogP contribution in [0.3, 0.4) is 0 Å². The lowest BCUT2D eigenvalue weighted by molar-refractivity contribution is -0.131. The highest BCUT2D eigenvalue weighted by molar-refractivity contribution is 7.15. The van der Waals surface area contributed by atoms with Gasteiger partial charge in [-0.2, -0.15) is 0 Å². The Morgan fingerprint density at radius 1 is 1.45 bits per heavy atom. The summed E-state index contributed by atoms with van der Waals surface area (Å²) in [5, 5.41) is 2.87. The van der Waals surface area contributed by atoms with Crippen LogP contribution in [0.2, 0.25) is 0 Å². The van der Waals surface area contributed by atoms with Gasteiger partial charge in [-0.15, -0.1) is 0 Å². The van der Waals surface area contributed by atoms with Gasteiger partial charge in [0.05, 0.1) is 4.88 Å². The molecule has 0 saturated carbocycles. The van der Waals surface area contributed by atoms with E-state index in [4.69, 9.17) is 4.74 Å². The first-order chi connectivity index (χ1) is 9.58. The molecule has 0 unspecified atom stereocenters. The van der Waals surface area contributed by atoms with Crippen molar-refractivity contribution in [1.82, 2.24) is 4.98 Å². The summed E-state index contributed by atoms with van der Waals surface area (Å²) in [6, 6.07) is 6.19. The van der Waals surface area contributed by atoms with E-state index < -0.39 is 18.6 Å². The van der Waals surface area contributed by atoms with Crippen molar-refractivity contribution in [1.29, 1.82) is 0 Å². The number of hydrogen-bond donors (Lipinski definition) is 1. The van der Waals surface area contributed by atoms with E-state index in [9.17, 15) is 14.0 Å². The molecule has 1 aromatic carbocycles. The van der Waals surface area contributed by atoms with Crippen LogP contribution in [0.25, 0.3) is 0 Å². The van der Waals surface area contributed by atoms with E-state index in [1.54, 1.807) is 18.2 Å². The molecule has 1 aromatic heterocycles. The lowest BCUT2D eigenvalue weighted by atomic mass is 10.2. The third-order valence-electron chi connectivity index (χ3n) is 2.26. The zero-order chi connectivity index (χ0) is 14.5. The number of rotatable bonds is 4. The van der Waals surface area contributed by atoms with Gasteiger partial charge in [-0.05, 0) is 18.2 Å². The fraction of sp³-hybridized carbons (Fsp3) is 0.154. The maximum absolute atomic E-state index is 12.4. The maximum Gasteiger partial charge on any atom is 0.308 e. The average Bonchev–Trinajstić information content (AvgIpc) is 2.86. The molecule has 0 radical (unpaired) electrons. The Balaban J connectivity index is 2.10. The van der Waals surface area contributed by atoms with Crippen molar-refractivity contribution in [3.8, 4) is 5.75 Å². The Morgan fingerprint density at radius 3 is 2.90 bits per heavy atom. The Kier molecular flexibility index (Phi) is 4.41. The van der Waals surface area contributed by atoms with Crippen molar-refractivity contribution in [2.24, 2.45) is 0 Å². The lowest BCUT2D eigenvalue weighted by Crippen LogP contribution is -2.12. The number of alkyl halides is 1. The van der Waals surface area contributed by atoms with Gasteiger partial charge in [0.15, 0.2) is 5.13 Å². The highest BCUT2D eigenvalue weighted by Crippen LogP contribution is 2.20. The summed E-state index contributed by atoms with van der Waals surface area (Å²) < 4.78 is 17.3. The molecule has 0 saturated heterocycles. The summed E-state index contributed by atoms with van der Waals surface area (Å²) in [6.45, 7) is 0.663. The van der Waals surface area contributed by atoms with Crippen LogP contribution in [-0.4, -0.2) is 16.9 Å². The number of amides is 1. The molecule has 104 valence electrons. The number of carbonyl (C=O) groups is 2. The largest absolute Gasteiger partial charge is 0.427 e. The van der Waals surface area contributed by atoms with Crippen LogP contribution < -0.4 is 10.1 Å². The number of esters is 1. The Labute approximate surface area is 118 Å². The molecular weight excluding hydrogens is 283 g/mol. The monoisotopic (exact) mass is 294 g/mol. The number of carbonyl (C=O) groups excluding carboxylic acids is 2. The number of ether oxygens (including phenoxy) is 1. The van der Waals surface area contributed by atoms with Gasteiger partial charge in [0.25, 0.3) is 5.91 Å². The Bertz CT molecular complexity index is 642. The second-order valence-electron chi connectivity index (χ2n) is 3.84. The standard InChI is InChI=1S/C13H11FN2O3S/c1-8(17)19-10-4-2-3-9(5-10)12(18)16-13-15-7-11(6-14)20-13/h2-5,7H,6H2,1H3,(H,15,16,18). The second kappa shape index (κ2) is 6.25. The summed E-state index contributed by atoms with van der Waals surface area (Å²) in [6.07, 6.45) is 1.37. The van der Waals surface area contributed by atoms with Gasteiger partial charge in [-0.3, -0.25) is 14.9 Å². The minimum absolute atomic E-state index is 0.286. The van der Waals surface area contributed by atoms with Crippen LogP contribution in [0.4, 0.5) is 9.52 Å². The van der Waals surface area contributed by atoms with E-state index in [1.165, 1.54) is 19.2 Å². The number of halogens is 1. The third kappa shape index (κ3) is 3.61. The van der Waals surface area contributed by atoms with E-state index in [1.807, 2.05) is 0 Å². The molecule has 0 spiro atoms. The first-order valence-corrected chi connectivity index (χ1v) is 6.50. The molecule has 0 aliphatic carbocycles. The van der Waals surface area contributed by atoms with Crippen molar-refractivity contribution >= 4 is 28.3 Å². The van der Waals surface area contributed by atoms with Gasteiger partial charge in [0, 0.05) is 18.7 Å². The van der Waals surface area contributed by atoms with Gasteiger partial charge < -0.3 is 4.74 Å². The molecule has 1 amide bonds. The minimum atomic E-state index is -0.616. The summed E-state index contributed by atoms with van der Waals surface area (Å²) in [5.74, 6) is -0.581. The number of thiazole rings is 1. The van der Waals surface area contributed by atoms with Gasteiger partial charge in [0.1, 0.15) is 12.4 Å². The smallest absolute Gasteiger partial charge is 0.308 e. The van der Waals surface area contributed by atoms with Gasteiger partial charge >= 0.3 is 5.97 Å². The summed E-state index contributed by atoms with van der Waals surface area (Å²) in [7, 11) is 0. The normalized spacial score (nSPS) is 10.1. The van der Waals surface area contributed by atoms with E-state index in [-0.39, 0.29) is 5.75 Å². The SMILES string of the molecule is CC(=O)Oc1cccc(C(=O)Nc2ncc(CF)s2)c1. The van der Waals surface area contributed by atoms with Crippen LogP contribution in [0.5, 0.6) is 5.75 Å². The summed E-state index contributed by atoms with van der Waals surface area (Å²) in [5.41, 5.74) is 0.320. The number of aromatic nitrogens is 1. The van der Waals surface area contributed by atoms with Gasteiger partial charge in [0.2, 0.25) is 0 Å². The van der Waals surface area contributed by atoms with E-state index in [2.05, 4.69) is 10.3 Å². The van der Waals surface area contributed by atoms with E-state index in [0.29, 0.717) is 15.6 Å². The predicted molar refractivity (Wildman–Crippen MR) is 72.6 cm³/mol. The van der Waals surface area contributed by atoms with Crippen LogP contribution in [0, 0.1) is 0 Å². The zero-order valence-corrected chi connectivity index (χ0v) is 11.4. The van der Waals surface area contributed by atoms with Crippen LogP contribution in [0.15, 0.2) is 30.5 Å². The van der Waals surface area contributed by atoms with Gasteiger partial charge in [-0.25, -0.2) is 9.37 Å². The molecule has 0 fully saturated rings. The molecule has 1 N–H and O–H groups in total. The molecule has 7 heteroatoms. The average molecular weight is 294 g/mol. The van der Waals surface area contributed by atoms with Crippen LogP contribution in [0.1, 0.15) is 22.2 Å². The van der Waals surface area contributed by atoms with E-state index >= 15 is 0 Å².